The Balaban J connectivity index is 1.52. The number of aromatic nitrogens is 5. The Morgan fingerprint density at radius 3 is 2.82 bits per heavy atom. The molecule has 1 amide bonds. The molecule has 0 saturated heterocycles. The predicted octanol–water partition coefficient (Wildman–Crippen LogP) is 2.33. The number of rotatable bonds is 5. The van der Waals surface area contributed by atoms with E-state index in [2.05, 4.69) is 30.9 Å². The maximum atomic E-state index is 12.6. The summed E-state index contributed by atoms with van der Waals surface area (Å²) in [6.45, 7) is 1.90. The number of aromatic amines is 1. The van der Waals surface area contributed by atoms with Crippen molar-refractivity contribution in [3.05, 3.63) is 47.2 Å². The van der Waals surface area contributed by atoms with Crippen molar-refractivity contribution in [1.29, 1.82) is 0 Å². The summed E-state index contributed by atoms with van der Waals surface area (Å²) in [5.41, 5.74) is 2.43. The number of carbonyl (C=O) groups is 1. The van der Waals surface area contributed by atoms with Crippen molar-refractivity contribution in [3.8, 4) is 0 Å². The molecule has 0 spiro atoms. The highest BCUT2D eigenvalue weighted by Gasteiger charge is 2.15. The Labute approximate surface area is 163 Å². The Morgan fingerprint density at radius 2 is 2.07 bits per heavy atom. The van der Waals surface area contributed by atoms with Crippen LogP contribution in [0.1, 0.15) is 15.2 Å². The zero-order chi connectivity index (χ0) is 19.9. The topological polar surface area (TPSA) is 135 Å². The van der Waals surface area contributed by atoms with Gasteiger partial charge in [0, 0.05) is 17.6 Å². The lowest BCUT2D eigenvalue weighted by Crippen LogP contribution is -2.11. The number of thiazole rings is 1. The van der Waals surface area contributed by atoms with Crippen molar-refractivity contribution in [2.45, 2.75) is 6.92 Å². The third-order valence-electron chi connectivity index (χ3n) is 3.94. The highest BCUT2D eigenvalue weighted by Crippen LogP contribution is 2.28. The van der Waals surface area contributed by atoms with E-state index in [0.29, 0.717) is 21.5 Å². The number of benzene rings is 1. The summed E-state index contributed by atoms with van der Waals surface area (Å²) in [5, 5.41) is 17.8. The molecule has 0 fully saturated rings. The molecule has 0 unspecified atom stereocenters. The average molecular weight is 417 g/mol. The predicted molar refractivity (Wildman–Crippen MR) is 107 cm³/mol. The van der Waals surface area contributed by atoms with E-state index >= 15 is 0 Å². The summed E-state index contributed by atoms with van der Waals surface area (Å²) < 4.78 is 23.8. The van der Waals surface area contributed by atoms with Crippen molar-refractivity contribution in [1.82, 2.24) is 24.4 Å². The summed E-state index contributed by atoms with van der Waals surface area (Å²) in [7, 11) is -3.46. The largest absolute Gasteiger partial charge is 0.320 e. The van der Waals surface area contributed by atoms with Gasteiger partial charge in [0.25, 0.3) is 15.9 Å². The molecule has 0 aliphatic rings. The Hall–Kier alpha value is -3.25. The van der Waals surface area contributed by atoms with Gasteiger partial charge in [0.05, 0.1) is 29.9 Å². The average Bonchev–Trinajstić information content (AvgIpc) is 3.37. The quantitative estimate of drug-likeness (QED) is 0.453. The highest BCUT2D eigenvalue weighted by molar-refractivity contribution is 7.89. The summed E-state index contributed by atoms with van der Waals surface area (Å²) in [4.78, 5) is 17.2. The standard InChI is InChI=1S/C16H15N7O3S2/c1-9-3-4-11-10(7-18-21-11)14(9)20-15(24)12-8-17-16(27-12)19-13-5-6-23(22-13)28(2,25)26/h3-8H,1-2H3,(H,18,21)(H,20,24)(H,17,19,22). The number of aryl methyl sites for hydroxylation is 1. The van der Waals surface area contributed by atoms with Crippen LogP contribution in [-0.2, 0) is 10.0 Å². The number of hydrogen-bond acceptors (Lipinski definition) is 8. The number of amides is 1. The number of hydrogen-bond donors (Lipinski definition) is 3. The van der Waals surface area contributed by atoms with Crippen LogP contribution in [0.25, 0.3) is 10.9 Å². The van der Waals surface area contributed by atoms with Gasteiger partial charge in [0.15, 0.2) is 10.9 Å². The molecule has 0 atom stereocenters. The maximum absolute atomic E-state index is 12.6. The molecule has 28 heavy (non-hydrogen) atoms. The van der Waals surface area contributed by atoms with E-state index in [0.717, 1.165) is 38.1 Å². The molecule has 4 rings (SSSR count). The molecular formula is C16H15N7O3S2. The van der Waals surface area contributed by atoms with E-state index in [1.807, 2.05) is 19.1 Å². The second-order valence-electron chi connectivity index (χ2n) is 6.03. The number of nitrogens with zero attached hydrogens (tertiary/aromatic N) is 4. The second kappa shape index (κ2) is 6.73. The van der Waals surface area contributed by atoms with Gasteiger partial charge >= 0.3 is 0 Å². The fourth-order valence-electron chi connectivity index (χ4n) is 2.57. The van der Waals surface area contributed by atoms with Crippen molar-refractivity contribution < 1.29 is 13.2 Å². The van der Waals surface area contributed by atoms with Crippen LogP contribution < -0.4 is 10.6 Å². The van der Waals surface area contributed by atoms with E-state index in [4.69, 9.17) is 0 Å². The third kappa shape index (κ3) is 3.46. The van der Waals surface area contributed by atoms with Crippen LogP contribution in [0.3, 0.4) is 0 Å². The third-order valence-corrected chi connectivity index (χ3v) is 5.74. The first-order valence-electron chi connectivity index (χ1n) is 8.04. The molecule has 0 radical (unpaired) electrons. The van der Waals surface area contributed by atoms with Gasteiger partial charge in [0.2, 0.25) is 0 Å². The van der Waals surface area contributed by atoms with Crippen molar-refractivity contribution in [2.75, 3.05) is 16.9 Å². The molecule has 3 aromatic heterocycles. The molecule has 144 valence electrons. The first-order chi connectivity index (χ1) is 13.3. The van der Waals surface area contributed by atoms with Gasteiger partial charge < -0.3 is 10.6 Å². The van der Waals surface area contributed by atoms with Crippen LogP contribution in [0.2, 0.25) is 0 Å². The minimum atomic E-state index is -3.46. The number of carbonyl (C=O) groups excluding carboxylic acids is 1. The van der Waals surface area contributed by atoms with Gasteiger partial charge in [0.1, 0.15) is 4.88 Å². The number of H-pyrrole nitrogens is 1. The van der Waals surface area contributed by atoms with E-state index < -0.39 is 10.0 Å². The fourth-order valence-corrected chi connectivity index (χ4v) is 3.81. The number of anilines is 3. The number of fused-ring (bicyclic) bond motifs is 1. The van der Waals surface area contributed by atoms with Gasteiger partial charge in [-0.1, -0.05) is 17.4 Å². The molecule has 10 nitrogen and oxygen atoms in total. The molecule has 0 aliphatic heterocycles. The van der Waals surface area contributed by atoms with E-state index in [1.165, 1.54) is 18.5 Å². The highest BCUT2D eigenvalue weighted by atomic mass is 32.2. The molecule has 0 saturated carbocycles. The van der Waals surface area contributed by atoms with Crippen LogP contribution in [-0.4, -0.2) is 44.9 Å². The molecule has 12 heteroatoms. The van der Waals surface area contributed by atoms with Crippen molar-refractivity contribution >= 4 is 54.8 Å². The molecule has 0 aliphatic carbocycles. The lowest BCUT2D eigenvalue weighted by atomic mass is 10.1. The van der Waals surface area contributed by atoms with Gasteiger partial charge in [-0.15, -0.1) is 5.10 Å². The monoisotopic (exact) mass is 417 g/mol. The van der Waals surface area contributed by atoms with Gasteiger partial charge in [-0.2, -0.15) is 9.19 Å². The smallest absolute Gasteiger partial charge is 0.267 e. The van der Waals surface area contributed by atoms with Crippen molar-refractivity contribution in [2.24, 2.45) is 0 Å². The van der Waals surface area contributed by atoms with Crippen LogP contribution in [0.4, 0.5) is 16.6 Å². The van der Waals surface area contributed by atoms with Crippen LogP contribution in [0, 0.1) is 6.92 Å². The SMILES string of the molecule is Cc1ccc2[nH]ncc2c1NC(=O)c1cnc(Nc2ccn(S(C)(=O)=O)n2)s1. The normalized spacial score (nSPS) is 11.6. The molecule has 3 N–H and O–H groups in total. The summed E-state index contributed by atoms with van der Waals surface area (Å²) >= 11 is 1.13. The minimum absolute atomic E-state index is 0.302. The van der Waals surface area contributed by atoms with Crippen LogP contribution in [0.15, 0.2) is 36.8 Å². The summed E-state index contributed by atoms with van der Waals surface area (Å²) in [6.07, 6.45) is 5.49. The van der Waals surface area contributed by atoms with Gasteiger partial charge in [-0.3, -0.25) is 9.89 Å². The van der Waals surface area contributed by atoms with Crippen molar-refractivity contribution in [3.63, 3.8) is 0 Å². The first-order valence-corrected chi connectivity index (χ1v) is 10.7. The zero-order valence-corrected chi connectivity index (χ0v) is 16.4. The lowest BCUT2D eigenvalue weighted by molar-refractivity contribution is 0.103. The lowest BCUT2D eigenvalue weighted by Gasteiger charge is -2.08. The molecular weight excluding hydrogens is 402 g/mol. The maximum Gasteiger partial charge on any atom is 0.267 e. The second-order valence-corrected chi connectivity index (χ2v) is 8.90. The van der Waals surface area contributed by atoms with E-state index in [-0.39, 0.29) is 5.91 Å². The fraction of sp³-hybridized carbons (Fsp3) is 0.125. The van der Waals surface area contributed by atoms with E-state index in [9.17, 15) is 13.2 Å². The zero-order valence-electron chi connectivity index (χ0n) is 14.8. The van der Waals surface area contributed by atoms with Gasteiger partial charge in [-0.25, -0.2) is 13.4 Å². The Morgan fingerprint density at radius 1 is 1.25 bits per heavy atom. The minimum Gasteiger partial charge on any atom is -0.320 e. The number of nitrogens with one attached hydrogen (secondary N) is 3. The van der Waals surface area contributed by atoms with Crippen LogP contribution in [0.5, 0.6) is 0 Å². The molecule has 0 bridgehead atoms. The Bertz CT molecular complexity index is 1290. The summed E-state index contributed by atoms with van der Waals surface area (Å²) in [5.74, 6) is 0.00904. The first kappa shape index (κ1) is 18.1. The van der Waals surface area contributed by atoms with Crippen LogP contribution >= 0.6 is 11.3 Å². The molecule has 1 aromatic carbocycles. The molecule has 3 heterocycles. The summed E-state index contributed by atoms with van der Waals surface area (Å²) in [6, 6.07) is 5.30. The molecule has 4 aromatic rings. The van der Waals surface area contributed by atoms with Gasteiger partial charge in [-0.05, 0) is 18.6 Å². The van der Waals surface area contributed by atoms with E-state index in [1.54, 1.807) is 6.20 Å². The Kier molecular flexibility index (Phi) is 4.35.